The Bertz CT molecular complexity index is 1350. The van der Waals surface area contributed by atoms with Crippen LogP contribution in [-0.4, -0.2) is 244 Å². The van der Waals surface area contributed by atoms with Crippen molar-refractivity contribution in [3.63, 3.8) is 0 Å². The van der Waals surface area contributed by atoms with Gasteiger partial charge in [0.1, 0.15) is 91.5 Å². The number of aliphatic carboxylic acids is 1. The number of aliphatic hydroxyl groups is 13. The zero-order valence-corrected chi connectivity index (χ0v) is 30.4. The Labute approximate surface area is 322 Å². The predicted octanol–water partition coefficient (Wildman–Crippen LogP) is -10.3. The maximum atomic E-state index is 12.8. The molecule has 0 aliphatic carbocycles. The van der Waals surface area contributed by atoms with E-state index in [0.29, 0.717) is 0 Å². The van der Waals surface area contributed by atoms with Gasteiger partial charge in [0.25, 0.3) is 5.79 Å². The van der Waals surface area contributed by atoms with Crippen molar-refractivity contribution >= 4 is 17.8 Å². The van der Waals surface area contributed by atoms with Crippen LogP contribution in [0.15, 0.2) is 0 Å². The van der Waals surface area contributed by atoms with Gasteiger partial charge in [-0.1, -0.05) is 0 Å². The maximum Gasteiger partial charge on any atom is 0.364 e. The molecule has 57 heavy (non-hydrogen) atoms. The zero-order valence-electron chi connectivity index (χ0n) is 30.4. The third-order valence-corrected chi connectivity index (χ3v) is 9.98. The summed E-state index contributed by atoms with van der Waals surface area (Å²) in [6, 6.07) is -3.34. The Morgan fingerprint density at radius 2 is 1.19 bits per heavy atom. The molecule has 4 saturated heterocycles. The van der Waals surface area contributed by atoms with Crippen molar-refractivity contribution in [1.29, 1.82) is 0 Å². The average molecular weight is 837 g/mol. The van der Waals surface area contributed by atoms with E-state index in [-0.39, 0.29) is 0 Å². The minimum absolute atomic E-state index is 0.792. The van der Waals surface area contributed by atoms with Gasteiger partial charge in [-0.05, 0) is 0 Å². The van der Waals surface area contributed by atoms with E-state index in [2.05, 4.69) is 10.6 Å². The minimum Gasteiger partial charge on any atom is -0.477 e. The van der Waals surface area contributed by atoms with Gasteiger partial charge < -0.3 is 115 Å². The molecule has 26 nitrogen and oxygen atoms in total. The van der Waals surface area contributed by atoms with Crippen LogP contribution >= 0.6 is 0 Å². The van der Waals surface area contributed by atoms with Crippen LogP contribution in [0.25, 0.3) is 0 Å². The summed E-state index contributed by atoms with van der Waals surface area (Å²) < 4.78 is 39.0. The van der Waals surface area contributed by atoms with Crippen LogP contribution < -0.4 is 10.6 Å². The number of carbonyl (C=O) groups excluding carboxylic acids is 2. The molecule has 16 N–H and O–H groups in total. The van der Waals surface area contributed by atoms with Crippen LogP contribution in [0, 0.1) is 0 Å². The number of carboxylic acids is 1. The second-order valence-corrected chi connectivity index (χ2v) is 14.0. The largest absolute Gasteiger partial charge is 0.477 e. The first-order valence-electron chi connectivity index (χ1n) is 17.7. The molecule has 4 rings (SSSR count). The maximum absolute atomic E-state index is 12.8. The molecule has 26 heteroatoms. The second kappa shape index (κ2) is 19.8. The molecule has 0 unspecified atom stereocenters. The molecule has 0 spiro atoms. The zero-order chi connectivity index (χ0) is 42.7. The van der Waals surface area contributed by atoms with Gasteiger partial charge in [0.2, 0.25) is 11.8 Å². The molecular formula is C31H52N2O24. The average Bonchev–Trinajstić information content (AvgIpc) is 3.16. The van der Waals surface area contributed by atoms with Gasteiger partial charge in [0.05, 0.1) is 38.6 Å². The van der Waals surface area contributed by atoms with E-state index in [1.807, 2.05) is 0 Å². The summed E-state index contributed by atoms with van der Waals surface area (Å²) in [4.78, 5) is 37.2. The summed E-state index contributed by atoms with van der Waals surface area (Å²) in [5.41, 5.74) is 0. The van der Waals surface area contributed by atoms with E-state index in [1.54, 1.807) is 0 Å². The van der Waals surface area contributed by atoms with Gasteiger partial charge in [-0.15, -0.1) is 0 Å². The predicted molar refractivity (Wildman–Crippen MR) is 174 cm³/mol. The molecule has 0 radical (unpaired) electrons. The van der Waals surface area contributed by atoms with Gasteiger partial charge in [-0.2, -0.15) is 0 Å². The second-order valence-electron chi connectivity index (χ2n) is 14.0. The Balaban J connectivity index is 1.68. The Morgan fingerprint density at radius 3 is 1.72 bits per heavy atom. The van der Waals surface area contributed by atoms with Crippen molar-refractivity contribution < 1.29 is 119 Å². The lowest BCUT2D eigenvalue weighted by molar-refractivity contribution is -0.386. The lowest BCUT2D eigenvalue weighted by atomic mass is 9.88. The molecule has 0 aromatic carbocycles. The fourth-order valence-corrected chi connectivity index (χ4v) is 7.04. The molecule has 4 aliphatic rings. The summed E-state index contributed by atoms with van der Waals surface area (Å²) >= 11 is 0. The van der Waals surface area contributed by atoms with Gasteiger partial charge in [0.15, 0.2) is 18.9 Å². The van der Waals surface area contributed by atoms with Gasteiger partial charge in [0, 0.05) is 20.3 Å². The molecule has 4 heterocycles. The summed E-state index contributed by atoms with van der Waals surface area (Å²) in [6.07, 6.45) is -36.5. The number of ether oxygens (including phenoxy) is 7. The molecule has 330 valence electrons. The van der Waals surface area contributed by atoms with E-state index in [1.165, 1.54) is 0 Å². The van der Waals surface area contributed by atoms with Crippen molar-refractivity contribution in [3.8, 4) is 0 Å². The van der Waals surface area contributed by atoms with Crippen LogP contribution in [-0.2, 0) is 47.5 Å². The van der Waals surface area contributed by atoms with E-state index < -0.39 is 179 Å². The number of carboxylic acid groups (broad SMARTS) is 1. The van der Waals surface area contributed by atoms with E-state index in [0.717, 1.165) is 13.8 Å². The highest BCUT2D eigenvalue weighted by atomic mass is 16.8. The first-order valence-corrected chi connectivity index (χ1v) is 17.7. The van der Waals surface area contributed by atoms with Crippen molar-refractivity contribution in [2.24, 2.45) is 0 Å². The van der Waals surface area contributed by atoms with Gasteiger partial charge in [-0.25, -0.2) is 4.79 Å². The van der Waals surface area contributed by atoms with Crippen LogP contribution in [0.1, 0.15) is 20.3 Å². The number of nitrogens with one attached hydrogen (secondary N) is 2. The van der Waals surface area contributed by atoms with E-state index >= 15 is 0 Å². The fourth-order valence-electron chi connectivity index (χ4n) is 7.04. The molecule has 2 amide bonds. The topological polar surface area (TPSA) is 423 Å². The fraction of sp³-hybridized carbons (Fsp3) is 0.903. The van der Waals surface area contributed by atoms with Crippen LogP contribution in [0.5, 0.6) is 0 Å². The first kappa shape index (κ1) is 47.3. The van der Waals surface area contributed by atoms with Gasteiger partial charge in [-0.3, -0.25) is 9.59 Å². The first-order chi connectivity index (χ1) is 26.7. The molecule has 21 atom stereocenters. The third-order valence-electron chi connectivity index (χ3n) is 9.98. The molecule has 4 aliphatic heterocycles. The lowest BCUT2D eigenvalue weighted by Gasteiger charge is -2.51. The van der Waals surface area contributed by atoms with E-state index in [9.17, 15) is 85.9 Å². The van der Waals surface area contributed by atoms with Crippen molar-refractivity contribution in [2.75, 3.05) is 26.4 Å². The molecule has 0 aromatic heterocycles. The molecule has 4 fully saturated rings. The van der Waals surface area contributed by atoms with Crippen molar-refractivity contribution in [3.05, 3.63) is 0 Å². The monoisotopic (exact) mass is 836 g/mol. The quantitative estimate of drug-likeness (QED) is 0.0728. The highest BCUT2D eigenvalue weighted by molar-refractivity contribution is 5.76. The SMILES string of the molecule is CC(=O)N[C@H]1[C@H](O[C@H]2[C@@H](O)[C@H](O)[C@@H](CO)O[C@H]2O)O[C@H](CO)[C@@H](O)[C@@H]1O[C@@H]1O[C@H](CO)[C@H](O)[C@H](O[C@]2(C(=O)O)C[C@H](O)[C@@H](NC(C)=O)[C@H]([C@H](O)[C@H](O)CO)O2)[C@H]1O. The summed E-state index contributed by atoms with van der Waals surface area (Å²) in [5.74, 6) is -6.80. The Morgan fingerprint density at radius 1 is 0.684 bits per heavy atom. The van der Waals surface area contributed by atoms with Gasteiger partial charge >= 0.3 is 5.97 Å². The number of hydrogen-bond acceptors (Lipinski definition) is 23. The Kier molecular flexibility index (Phi) is 16.4. The summed E-state index contributed by atoms with van der Waals surface area (Å²) in [5, 5.41) is 151. The Hall–Kier alpha value is -2.39. The highest BCUT2D eigenvalue weighted by Crippen LogP contribution is 2.39. The third kappa shape index (κ3) is 10.2. The van der Waals surface area contributed by atoms with Crippen LogP contribution in [0.4, 0.5) is 0 Å². The minimum atomic E-state index is -3.13. The van der Waals surface area contributed by atoms with Crippen molar-refractivity contribution in [2.45, 2.75) is 149 Å². The lowest BCUT2D eigenvalue weighted by Crippen LogP contribution is -2.71. The molecular weight excluding hydrogens is 784 g/mol. The summed E-state index contributed by atoms with van der Waals surface area (Å²) in [7, 11) is 0. The smallest absolute Gasteiger partial charge is 0.364 e. The number of aliphatic hydroxyl groups excluding tert-OH is 13. The highest BCUT2D eigenvalue weighted by Gasteiger charge is 2.60. The molecule has 0 bridgehead atoms. The number of rotatable bonds is 15. The van der Waals surface area contributed by atoms with Crippen LogP contribution in [0.2, 0.25) is 0 Å². The molecule has 0 aromatic rings. The molecule has 0 saturated carbocycles. The van der Waals surface area contributed by atoms with E-state index in [4.69, 9.17) is 33.2 Å². The summed E-state index contributed by atoms with van der Waals surface area (Å²) in [6.45, 7) is -1.96. The van der Waals surface area contributed by atoms with Crippen LogP contribution in [0.3, 0.4) is 0 Å². The number of carbonyl (C=O) groups is 3. The number of hydrogen-bond donors (Lipinski definition) is 16. The normalized spacial score (nSPS) is 45.1. The van der Waals surface area contributed by atoms with Crippen molar-refractivity contribution in [1.82, 2.24) is 10.6 Å². The number of amides is 2. The standard InChI is InChI=1S/C31H52N2O24/c1-8(38)32-15-10(40)3-31(30(49)50,56-24(15)17(42)11(41)4-34)57-25-20(45)14(7-37)53-29(22(25)47)54-23-16(33-9(2)39)28(52-13(6-36)19(23)44)55-26-21(46)18(43)12(5-35)51-27(26)48/h10-29,34-37,40-48H,3-7H2,1-2H3,(H,32,38)(H,33,39)(H,49,50)/t10-,11+,12+,13+,14+,15+,16+,17+,18+,19+,20-,21-,22+,23+,24+,25-,26-,27+,28-,29-,31-/m0/s1.